The summed E-state index contributed by atoms with van der Waals surface area (Å²) in [5.74, 6) is 0.211. The molecule has 7 nitrogen and oxygen atoms in total. The number of nitrogens with zero attached hydrogens (tertiary/aromatic N) is 5. The zero-order chi connectivity index (χ0) is 13.9. The molecule has 0 amide bonds. The minimum Gasteiger partial charge on any atom is -0.404 e. The first kappa shape index (κ1) is 12.4. The molecule has 1 aromatic carbocycles. The highest BCUT2D eigenvalue weighted by Gasteiger charge is 2.08. The fourth-order valence-electron chi connectivity index (χ4n) is 1.56. The van der Waals surface area contributed by atoms with Crippen molar-refractivity contribution in [3.63, 3.8) is 0 Å². The first-order valence-electron chi connectivity index (χ1n) is 5.66. The van der Waals surface area contributed by atoms with Crippen LogP contribution in [0.5, 0.6) is 11.9 Å². The summed E-state index contributed by atoms with van der Waals surface area (Å²) in [6.07, 6.45) is 1.54. The second-order valence-corrected chi connectivity index (χ2v) is 4.18. The highest BCUT2D eigenvalue weighted by atomic mass is 35.5. The Labute approximate surface area is 119 Å². The van der Waals surface area contributed by atoms with Gasteiger partial charge in [-0.1, -0.05) is 29.8 Å². The number of nitrogens with two attached hydrogens (primary N) is 1. The number of hydrogen-bond acceptors (Lipinski definition) is 6. The summed E-state index contributed by atoms with van der Waals surface area (Å²) in [7, 11) is 0. The molecule has 8 heteroatoms. The summed E-state index contributed by atoms with van der Waals surface area (Å²) in [6, 6.07) is 11.1. The molecular weight excluding hydrogens is 280 g/mol. The van der Waals surface area contributed by atoms with Gasteiger partial charge in [0.2, 0.25) is 11.8 Å². The van der Waals surface area contributed by atoms with E-state index >= 15 is 0 Å². The van der Waals surface area contributed by atoms with Gasteiger partial charge in [-0.25, -0.2) is 9.67 Å². The molecule has 0 atom stereocenters. The minimum atomic E-state index is 0.0231. The van der Waals surface area contributed by atoms with Crippen LogP contribution in [0.15, 0.2) is 42.7 Å². The minimum absolute atomic E-state index is 0.0231. The molecule has 0 bridgehead atoms. The predicted octanol–water partition coefficient (Wildman–Crippen LogP) is 2.09. The molecule has 0 aliphatic rings. The maximum absolute atomic E-state index is 5.76. The highest BCUT2D eigenvalue weighted by molar-refractivity contribution is 6.29. The van der Waals surface area contributed by atoms with Crippen LogP contribution in [-0.2, 0) is 0 Å². The molecule has 0 spiro atoms. The quantitative estimate of drug-likeness (QED) is 0.742. The third-order valence-electron chi connectivity index (χ3n) is 2.38. The highest BCUT2D eigenvalue weighted by Crippen LogP contribution is 2.19. The number of halogens is 1. The van der Waals surface area contributed by atoms with Gasteiger partial charge in [0.1, 0.15) is 11.5 Å². The number of ether oxygens (including phenoxy) is 1. The SMILES string of the molecule is Nc1nc(Cl)cc(Oc2ncn(-c3ccccc3)n2)n1. The lowest BCUT2D eigenvalue weighted by molar-refractivity contribution is 0.424. The maximum atomic E-state index is 5.76. The van der Waals surface area contributed by atoms with E-state index in [1.54, 1.807) is 4.68 Å². The van der Waals surface area contributed by atoms with E-state index in [-0.39, 0.29) is 23.0 Å². The summed E-state index contributed by atoms with van der Waals surface area (Å²) in [6.45, 7) is 0. The summed E-state index contributed by atoms with van der Waals surface area (Å²) < 4.78 is 6.97. The first-order valence-corrected chi connectivity index (χ1v) is 6.03. The Bertz CT molecular complexity index is 710. The molecule has 0 radical (unpaired) electrons. The molecular formula is C12H9ClN6O. The average Bonchev–Trinajstić information content (AvgIpc) is 2.87. The second-order valence-electron chi connectivity index (χ2n) is 3.80. The lowest BCUT2D eigenvalue weighted by Gasteiger charge is -2.01. The monoisotopic (exact) mass is 288 g/mol. The van der Waals surface area contributed by atoms with Gasteiger partial charge >= 0.3 is 6.01 Å². The standard InChI is InChI=1S/C12H9ClN6O/c13-9-6-10(17-11(14)16-9)20-12-15-7-19(18-12)8-4-2-1-3-5-8/h1-7H,(H2,14,16,17). The van der Waals surface area contributed by atoms with Crippen molar-refractivity contribution in [2.45, 2.75) is 0 Å². The maximum Gasteiger partial charge on any atom is 0.342 e. The van der Waals surface area contributed by atoms with Crippen molar-refractivity contribution < 1.29 is 4.74 Å². The van der Waals surface area contributed by atoms with E-state index < -0.39 is 0 Å². The van der Waals surface area contributed by atoms with Gasteiger partial charge in [-0.15, -0.1) is 5.10 Å². The van der Waals surface area contributed by atoms with E-state index in [9.17, 15) is 0 Å². The Morgan fingerprint density at radius 1 is 1.15 bits per heavy atom. The Balaban J connectivity index is 1.84. The largest absolute Gasteiger partial charge is 0.404 e. The van der Waals surface area contributed by atoms with E-state index in [2.05, 4.69) is 20.1 Å². The summed E-state index contributed by atoms with van der Waals surface area (Å²) in [5, 5.41) is 4.36. The summed E-state index contributed by atoms with van der Waals surface area (Å²) >= 11 is 5.76. The smallest absolute Gasteiger partial charge is 0.342 e. The third kappa shape index (κ3) is 2.67. The topological polar surface area (TPSA) is 91.7 Å². The zero-order valence-electron chi connectivity index (χ0n) is 10.1. The van der Waals surface area contributed by atoms with E-state index in [1.807, 2.05) is 30.3 Å². The Morgan fingerprint density at radius 2 is 1.95 bits per heavy atom. The number of anilines is 1. The Morgan fingerprint density at radius 3 is 2.70 bits per heavy atom. The van der Waals surface area contributed by atoms with Gasteiger partial charge in [-0.3, -0.25) is 0 Å². The number of rotatable bonds is 3. The number of benzene rings is 1. The van der Waals surface area contributed by atoms with E-state index in [4.69, 9.17) is 22.1 Å². The predicted molar refractivity (Wildman–Crippen MR) is 72.9 cm³/mol. The van der Waals surface area contributed by atoms with Crippen molar-refractivity contribution in [2.75, 3.05) is 5.73 Å². The Hall–Kier alpha value is -2.67. The van der Waals surface area contributed by atoms with Crippen LogP contribution in [0.2, 0.25) is 5.15 Å². The molecule has 100 valence electrons. The van der Waals surface area contributed by atoms with Gasteiger partial charge in [0.15, 0.2) is 0 Å². The molecule has 2 heterocycles. The van der Waals surface area contributed by atoms with Gasteiger partial charge in [-0.05, 0) is 12.1 Å². The van der Waals surface area contributed by atoms with Crippen molar-refractivity contribution in [1.29, 1.82) is 0 Å². The molecule has 3 aromatic rings. The van der Waals surface area contributed by atoms with Crippen LogP contribution in [0.4, 0.5) is 5.95 Å². The van der Waals surface area contributed by atoms with Crippen molar-refractivity contribution in [1.82, 2.24) is 24.7 Å². The second kappa shape index (κ2) is 5.14. The Kier molecular flexibility index (Phi) is 3.18. The van der Waals surface area contributed by atoms with Crippen LogP contribution in [0.3, 0.4) is 0 Å². The van der Waals surface area contributed by atoms with Crippen molar-refractivity contribution in [3.05, 3.63) is 47.9 Å². The molecule has 20 heavy (non-hydrogen) atoms. The van der Waals surface area contributed by atoms with Gasteiger partial charge < -0.3 is 10.5 Å². The van der Waals surface area contributed by atoms with Gasteiger partial charge in [-0.2, -0.15) is 9.97 Å². The normalized spacial score (nSPS) is 10.4. The van der Waals surface area contributed by atoms with Crippen molar-refractivity contribution in [2.24, 2.45) is 0 Å². The molecule has 0 aliphatic carbocycles. The molecule has 3 rings (SSSR count). The fourth-order valence-corrected chi connectivity index (χ4v) is 1.74. The molecule has 0 aliphatic heterocycles. The lowest BCUT2D eigenvalue weighted by Crippen LogP contribution is -1.98. The van der Waals surface area contributed by atoms with Gasteiger partial charge in [0.05, 0.1) is 5.69 Å². The molecule has 0 saturated carbocycles. The van der Waals surface area contributed by atoms with Crippen LogP contribution in [-0.4, -0.2) is 24.7 Å². The van der Waals surface area contributed by atoms with Crippen LogP contribution < -0.4 is 10.5 Å². The average molecular weight is 289 g/mol. The summed E-state index contributed by atoms with van der Waals surface area (Å²) in [4.78, 5) is 11.6. The van der Waals surface area contributed by atoms with Crippen molar-refractivity contribution >= 4 is 17.5 Å². The number of aromatic nitrogens is 5. The van der Waals surface area contributed by atoms with Crippen LogP contribution in [0, 0.1) is 0 Å². The number of para-hydroxylation sites is 1. The number of nitrogen functional groups attached to an aromatic ring is 1. The fraction of sp³-hybridized carbons (Fsp3) is 0. The van der Waals surface area contributed by atoms with E-state index in [0.29, 0.717) is 0 Å². The number of hydrogen-bond donors (Lipinski definition) is 1. The van der Waals surface area contributed by atoms with Crippen molar-refractivity contribution in [3.8, 4) is 17.6 Å². The molecule has 2 N–H and O–H groups in total. The molecule has 0 fully saturated rings. The van der Waals surface area contributed by atoms with Crippen LogP contribution in [0.1, 0.15) is 0 Å². The third-order valence-corrected chi connectivity index (χ3v) is 2.57. The zero-order valence-corrected chi connectivity index (χ0v) is 10.9. The van der Waals surface area contributed by atoms with Crippen LogP contribution >= 0.6 is 11.6 Å². The lowest BCUT2D eigenvalue weighted by atomic mass is 10.3. The van der Waals surface area contributed by atoms with Gasteiger partial charge in [0.25, 0.3) is 0 Å². The van der Waals surface area contributed by atoms with Crippen LogP contribution in [0.25, 0.3) is 5.69 Å². The van der Waals surface area contributed by atoms with Gasteiger partial charge in [0, 0.05) is 6.07 Å². The molecule has 0 saturated heterocycles. The molecule has 2 aromatic heterocycles. The first-order chi connectivity index (χ1) is 9.70. The van der Waals surface area contributed by atoms with E-state index in [0.717, 1.165) is 5.69 Å². The molecule has 0 unspecified atom stereocenters. The van der Waals surface area contributed by atoms with E-state index in [1.165, 1.54) is 12.4 Å². The summed E-state index contributed by atoms with van der Waals surface area (Å²) in [5.41, 5.74) is 6.35.